The van der Waals surface area contributed by atoms with Gasteiger partial charge >= 0.3 is 5.97 Å². The molecule has 2 heterocycles. The molecule has 0 spiro atoms. The number of fused-ring (bicyclic) bond motifs is 1. The topological polar surface area (TPSA) is 58.6 Å². The van der Waals surface area contributed by atoms with Crippen LogP contribution in [0.1, 0.15) is 54.9 Å². The zero-order chi connectivity index (χ0) is 17.6. The van der Waals surface area contributed by atoms with Gasteiger partial charge in [0, 0.05) is 6.42 Å². The maximum absolute atomic E-state index is 12.5. The molecule has 0 unspecified atom stereocenters. The van der Waals surface area contributed by atoms with Gasteiger partial charge in [-0.2, -0.15) is 0 Å². The van der Waals surface area contributed by atoms with Crippen LogP contribution in [-0.4, -0.2) is 43.0 Å². The van der Waals surface area contributed by atoms with Gasteiger partial charge in [0.25, 0.3) is 0 Å². The Bertz CT molecular complexity index is 621. The van der Waals surface area contributed by atoms with E-state index in [4.69, 9.17) is 4.74 Å². The fourth-order valence-corrected chi connectivity index (χ4v) is 3.61. The number of hydrogen-bond donors (Lipinski definition) is 1. The van der Waals surface area contributed by atoms with Gasteiger partial charge < -0.3 is 15.0 Å². The van der Waals surface area contributed by atoms with Crippen molar-refractivity contribution >= 4 is 17.6 Å². The largest absolute Gasteiger partial charge is 0.462 e. The first-order valence-electron chi connectivity index (χ1n) is 9.48. The van der Waals surface area contributed by atoms with Crippen LogP contribution in [0.15, 0.2) is 18.2 Å². The summed E-state index contributed by atoms with van der Waals surface area (Å²) in [6.45, 7) is 6.06. The number of carbonyl (C=O) groups is 2. The molecule has 2 aliphatic rings. The third kappa shape index (κ3) is 4.60. The summed E-state index contributed by atoms with van der Waals surface area (Å²) >= 11 is 0. The first kappa shape index (κ1) is 17.9. The minimum atomic E-state index is -0.326. The highest BCUT2D eigenvalue weighted by atomic mass is 16.5. The normalized spacial score (nSPS) is 18.5. The number of aryl methyl sites for hydroxylation is 1. The molecule has 25 heavy (non-hydrogen) atoms. The number of likely N-dealkylation sites (tertiary alicyclic amines) is 1. The lowest BCUT2D eigenvalue weighted by Crippen LogP contribution is -2.36. The Morgan fingerprint density at radius 3 is 2.84 bits per heavy atom. The number of para-hydroxylation sites is 1. The predicted molar refractivity (Wildman–Crippen MR) is 97.7 cm³/mol. The molecule has 1 fully saturated rings. The Labute approximate surface area is 149 Å². The van der Waals surface area contributed by atoms with Crippen LogP contribution in [0.2, 0.25) is 0 Å². The third-order valence-electron chi connectivity index (χ3n) is 5.24. The minimum absolute atomic E-state index is 0.0350. The highest BCUT2D eigenvalue weighted by molar-refractivity contribution is 6.03. The maximum Gasteiger partial charge on any atom is 0.340 e. The van der Waals surface area contributed by atoms with E-state index in [9.17, 15) is 9.59 Å². The van der Waals surface area contributed by atoms with Crippen LogP contribution < -0.4 is 5.32 Å². The summed E-state index contributed by atoms with van der Waals surface area (Å²) in [6.07, 6.45) is 5.81. The number of carbonyl (C=O) groups excluding carboxylic acids is 2. The molecule has 0 bridgehead atoms. The molecular weight excluding hydrogens is 316 g/mol. The minimum Gasteiger partial charge on any atom is -0.462 e. The summed E-state index contributed by atoms with van der Waals surface area (Å²) < 4.78 is 5.58. The van der Waals surface area contributed by atoms with Crippen molar-refractivity contribution in [3.63, 3.8) is 0 Å². The highest BCUT2D eigenvalue weighted by Gasteiger charge is 2.24. The van der Waals surface area contributed by atoms with Crippen LogP contribution in [0, 0.1) is 5.92 Å². The number of unbranched alkanes of at least 4 members (excludes halogenated alkanes) is 1. The van der Waals surface area contributed by atoms with E-state index in [0.29, 0.717) is 36.6 Å². The van der Waals surface area contributed by atoms with E-state index in [1.165, 1.54) is 19.4 Å². The number of amides is 1. The zero-order valence-corrected chi connectivity index (χ0v) is 15.1. The lowest BCUT2D eigenvalue weighted by molar-refractivity contribution is -0.116. The summed E-state index contributed by atoms with van der Waals surface area (Å²) in [5.41, 5.74) is 2.13. The molecule has 0 radical (unpaired) electrons. The van der Waals surface area contributed by atoms with Gasteiger partial charge in [-0.3, -0.25) is 4.79 Å². The molecule has 1 amide bonds. The third-order valence-corrected chi connectivity index (χ3v) is 5.24. The predicted octanol–water partition coefficient (Wildman–Crippen LogP) is 3.24. The van der Waals surface area contributed by atoms with Crippen LogP contribution >= 0.6 is 0 Å². The average Bonchev–Trinajstić information content (AvgIpc) is 2.64. The van der Waals surface area contributed by atoms with Gasteiger partial charge in [0.2, 0.25) is 5.91 Å². The Morgan fingerprint density at radius 2 is 2.08 bits per heavy atom. The highest BCUT2D eigenvalue weighted by Crippen LogP contribution is 2.27. The SMILES string of the molecule is CCCCN1CCC(COC(=O)c2cccc3c2NC(=O)CC3)CC1. The molecule has 3 rings (SSSR count). The Hall–Kier alpha value is -1.88. The van der Waals surface area contributed by atoms with E-state index in [0.717, 1.165) is 31.5 Å². The standard InChI is InChI=1S/C20H28N2O3/c1-2-3-11-22-12-9-15(10-13-22)14-25-20(24)17-6-4-5-16-7-8-18(23)21-19(16)17/h4-6,15H,2-3,7-14H2,1H3,(H,21,23). The van der Waals surface area contributed by atoms with Crippen molar-refractivity contribution in [3.8, 4) is 0 Å². The summed E-state index contributed by atoms with van der Waals surface area (Å²) in [4.78, 5) is 26.6. The van der Waals surface area contributed by atoms with E-state index in [2.05, 4.69) is 17.1 Å². The van der Waals surface area contributed by atoms with E-state index in [1.54, 1.807) is 6.07 Å². The van der Waals surface area contributed by atoms with Crippen molar-refractivity contribution in [2.45, 2.75) is 45.4 Å². The second-order valence-electron chi connectivity index (χ2n) is 7.12. The van der Waals surface area contributed by atoms with Crippen LogP contribution in [-0.2, 0) is 16.0 Å². The maximum atomic E-state index is 12.5. The molecule has 1 saturated heterocycles. The molecule has 1 aromatic carbocycles. The number of nitrogens with one attached hydrogen (secondary N) is 1. The van der Waals surface area contributed by atoms with Gasteiger partial charge in [0.15, 0.2) is 0 Å². The molecule has 2 aliphatic heterocycles. The number of esters is 1. The number of piperidine rings is 1. The molecule has 136 valence electrons. The second-order valence-corrected chi connectivity index (χ2v) is 7.12. The van der Waals surface area contributed by atoms with E-state index < -0.39 is 0 Å². The summed E-state index contributed by atoms with van der Waals surface area (Å²) in [7, 11) is 0. The molecule has 1 N–H and O–H groups in total. The number of nitrogens with zero attached hydrogens (tertiary/aromatic N) is 1. The van der Waals surface area contributed by atoms with E-state index in [1.807, 2.05) is 12.1 Å². The number of benzene rings is 1. The Balaban J connectivity index is 1.52. The van der Waals surface area contributed by atoms with Crippen molar-refractivity contribution in [2.24, 2.45) is 5.92 Å². The average molecular weight is 344 g/mol. The number of ether oxygens (including phenoxy) is 1. The quantitative estimate of drug-likeness (QED) is 0.805. The van der Waals surface area contributed by atoms with Gasteiger partial charge in [0.05, 0.1) is 17.9 Å². The van der Waals surface area contributed by atoms with Crippen molar-refractivity contribution in [1.29, 1.82) is 0 Å². The van der Waals surface area contributed by atoms with Crippen molar-refractivity contribution in [3.05, 3.63) is 29.3 Å². The monoisotopic (exact) mass is 344 g/mol. The van der Waals surface area contributed by atoms with Gasteiger partial charge in [-0.05, 0) is 62.9 Å². The molecular formula is C20H28N2O3. The molecule has 0 saturated carbocycles. The lowest BCUT2D eigenvalue weighted by Gasteiger charge is -2.31. The smallest absolute Gasteiger partial charge is 0.340 e. The molecule has 5 nitrogen and oxygen atoms in total. The fourth-order valence-electron chi connectivity index (χ4n) is 3.61. The zero-order valence-electron chi connectivity index (χ0n) is 15.1. The second kappa shape index (κ2) is 8.48. The van der Waals surface area contributed by atoms with Gasteiger partial charge in [0.1, 0.15) is 0 Å². The van der Waals surface area contributed by atoms with Crippen LogP contribution in [0.4, 0.5) is 5.69 Å². The molecule has 0 aromatic heterocycles. The van der Waals surface area contributed by atoms with Gasteiger partial charge in [-0.25, -0.2) is 4.79 Å². The summed E-state index contributed by atoms with van der Waals surface area (Å²) in [5.74, 6) is 0.0793. The van der Waals surface area contributed by atoms with Crippen LogP contribution in [0.25, 0.3) is 0 Å². The first-order valence-corrected chi connectivity index (χ1v) is 9.48. The van der Waals surface area contributed by atoms with Gasteiger partial charge in [-0.15, -0.1) is 0 Å². The van der Waals surface area contributed by atoms with Crippen LogP contribution in [0.3, 0.4) is 0 Å². The van der Waals surface area contributed by atoms with Crippen molar-refractivity contribution in [1.82, 2.24) is 4.90 Å². The molecule has 0 aliphatic carbocycles. The Morgan fingerprint density at radius 1 is 1.28 bits per heavy atom. The van der Waals surface area contributed by atoms with Gasteiger partial charge in [-0.1, -0.05) is 25.5 Å². The van der Waals surface area contributed by atoms with Crippen molar-refractivity contribution < 1.29 is 14.3 Å². The van der Waals surface area contributed by atoms with E-state index in [-0.39, 0.29) is 11.9 Å². The number of anilines is 1. The summed E-state index contributed by atoms with van der Waals surface area (Å²) in [6, 6.07) is 5.55. The molecule has 5 heteroatoms. The molecule has 0 atom stereocenters. The number of rotatable bonds is 6. The van der Waals surface area contributed by atoms with E-state index >= 15 is 0 Å². The lowest BCUT2D eigenvalue weighted by atomic mass is 9.97. The molecule has 1 aromatic rings. The number of hydrogen-bond acceptors (Lipinski definition) is 4. The fraction of sp³-hybridized carbons (Fsp3) is 0.600. The van der Waals surface area contributed by atoms with Crippen molar-refractivity contribution in [2.75, 3.05) is 31.6 Å². The Kier molecular flexibility index (Phi) is 6.08. The first-order chi connectivity index (χ1) is 12.2. The van der Waals surface area contributed by atoms with Crippen LogP contribution in [0.5, 0.6) is 0 Å². The summed E-state index contributed by atoms with van der Waals surface area (Å²) in [5, 5.41) is 2.83.